The average molecular weight is 431 g/mol. The summed E-state index contributed by atoms with van der Waals surface area (Å²) >= 11 is 7.60. The first-order chi connectivity index (χ1) is 13.8. The zero-order valence-corrected chi connectivity index (χ0v) is 18.6. The van der Waals surface area contributed by atoms with E-state index in [0.717, 1.165) is 38.6 Å². The molecule has 0 fully saturated rings. The van der Waals surface area contributed by atoms with Crippen molar-refractivity contribution >= 4 is 34.0 Å². The molecule has 0 atom stereocenters. The van der Waals surface area contributed by atoms with Crippen molar-refractivity contribution < 1.29 is 14.3 Å². The van der Waals surface area contributed by atoms with Gasteiger partial charge in [-0.15, -0.1) is 11.3 Å². The molecule has 7 heteroatoms. The third-order valence-corrected chi connectivity index (χ3v) is 5.97. The number of carbonyl (C=O) groups is 1. The van der Waals surface area contributed by atoms with Crippen LogP contribution in [0.3, 0.4) is 0 Å². The molecule has 0 unspecified atom stereocenters. The largest absolute Gasteiger partial charge is 0.496 e. The van der Waals surface area contributed by atoms with Gasteiger partial charge in [0.2, 0.25) is 0 Å². The Morgan fingerprint density at radius 2 is 1.79 bits per heavy atom. The fourth-order valence-corrected chi connectivity index (χ4v) is 4.00. The average Bonchev–Trinajstić information content (AvgIpc) is 3.04. The lowest BCUT2D eigenvalue weighted by atomic mass is 10.1. The van der Waals surface area contributed by atoms with Gasteiger partial charge in [0.1, 0.15) is 11.5 Å². The number of hydrogen-bond donors (Lipinski definition) is 1. The second-order valence-electron chi connectivity index (χ2n) is 6.82. The molecule has 2 aromatic carbocycles. The van der Waals surface area contributed by atoms with Crippen LogP contribution in [0.15, 0.2) is 30.3 Å². The summed E-state index contributed by atoms with van der Waals surface area (Å²) in [5.74, 6) is 1.19. The van der Waals surface area contributed by atoms with Gasteiger partial charge in [0.25, 0.3) is 5.91 Å². The Hall–Kier alpha value is -2.57. The molecule has 0 radical (unpaired) electrons. The number of carbonyl (C=O) groups excluding carboxylic acids is 1. The fraction of sp³-hybridized carbons (Fsp3) is 0.273. The predicted octanol–water partition coefficient (Wildman–Crippen LogP) is 5.72. The number of hydrogen-bond acceptors (Lipinski definition) is 5. The standard InChI is InChI=1S/C22H23ClN2O3S/c1-12-8-16(6-7-18(12)27-5)21-15(4)29-22(25-21)24-19(26)11-28-17-9-13(2)20(23)14(3)10-17/h6-10H,11H2,1-5H3,(H,24,25,26). The number of amides is 1. The Labute approximate surface area is 179 Å². The first kappa shape index (κ1) is 21.1. The van der Waals surface area contributed by atoms with Gasteiger partial charge in [0, 0.05) is 15.5 Å². The maximum absolute atomic E-state index is 12.3. The molecule has 1 heterocycles. The normalized spacial score (nSPS) is 10.7. The smallest absolute Gasteiger partial charge is 0.264 e. The van der Waals surface area contributed by atoms with Crippen molar-refractivity contribution in [3.8, 4) is 22.8 Å². The van der Waals surface area contributed by atoms with Crippen LogP contribution in [-0.2, 0) is 4.79 Å². The van der Waals surface area contributed by atoms with E-state index in [2.05, 4.69) is 10.3 Å². The lowest BCUT2D eigenvalue weighted by Gasteiger charge is -2.09. The van der Waals surface area contributed by atoms with Crippen LogP contribution in [0.5, 0.6) is 11.5 Å². The summed E-state index contributed by atoms with van der Waals surface area (Å²) in [6.45, 7) is 7.68. The van der Waals surface area contributed by atoms with Crippen LogP contribution in [0.2, 0.25) is 5.02 Å². The molecule has 0 saturated heterocycles. The summed E-state index contributed by atoms with van der Waals surface area (Å²) in [4.78, 5) is 17.9. The van der Waals surface area contributed by atoms with E-state index in [0.29, 0.717) is 15.9 Å². The van der Waals surface area contributed by atoms with Crippen molar-refractivity contribution in [2.75, 3.05) is 19.0 Å². The molecule has 0 bridgehead atoms. The molecule has 1 amide bonds. The van der Waals surface area contributed by atoms with E-state index in [4.69, 9.17) is 21.1 Å². The summed E-state index contributed by atoms with van der Waals surface area (Å²) in [6.07, 6.45) is 0. The molecule has 3 aromatic rings. The number of methoxy groups -OCH3 is 1. The summed E-state index contributed by atoms with van der Waals surface area (Å²) in [7, 11) is 1.65. The topological polar surface area (TPSA) is 60.5 Å². The van der Waals surface area contributed by atoms with E-state index < -0.39 is 0 Å². The number of nitrogens with zero attached hydrogens (tertiary/aromatic N) is 1. The molecular weight excluding hydrogens is 408 g/mol. The summed E-state index contributed by atoms with van der Waals surface area (Å²) in [5, 5.41) is 4.07. The van der Waals surface area contributed by atoms with Crippen molar-refractivity contribution in [1.29, 1.82) is 0 Å². The first-order valence-corrected chi connectivity index (χ1v) is 10.3. The minimum Gasteiger partial charge on any atom is -0.496 e. The van der Waals surface area contributed by atoms with Crippen LogP contribution in [0.25, 0.3) is 11.3 Å². The molecule has 1 N–H and O–H groups in total. The first-order valence-electron chi connectivity index (χ1n) is 9.10. The van der Waals surface area contributed by atoms with Gasteiger partial charge in [-0.3, -0.25) is 10.1 Å². The molecule has 29 heavy (non-hydrogen) atoms. The predicted molar refractivity (Wildman–Crippen MR) is 119 cm³/mol. The number of thiazole rings is 1. The van der Waals surface area contributed by atoms with E-state index in [9.17, 15) is 4.79 Å². The zero-order valence-electron chi connectivity index (χ0n) is 17.1. The maximum atomic E-state index is 12.3. The molecular formula is C22H23ClN2O3S. The Morgan fingerprint density at radius 1 is 1.10 bits per heavy atom. The summed E-state index contributed by atoms with van der Waals surface area (Å²) in [6, 6.07) is 9.56. The summed E-state index contributed by atoms with van der Waals surface area (Å²) < 4.78 is 10.9. The second-order valence-corrected chi connectivity index (χ2v) is 8.40. The molecule has 0 saturated carbocycles. The zero-order chi connectivity index (χ0) is 21.1. The molecule has 0 spiro atoms. The van der Waals surface area contributed by atoms with Gasteiger partial charge in [-0.25, -0.2) is 4.98 Å². The van der Waals surface area contributed by atoms with Crippen molar-refractivity contribution in [2.24, 2.45) is 0 Å². The number of ether oxygens (including phenoxy) is 2. The van der Waals surface area contributed by atoms with Gasteiger partial charge in [0.15, 0.2) is 11.7 Å². The molecule has 0 aliphatic carbocycles. The van der Waals surface area contributed by atoms with Gasteiger partial charge in [0.05, 0.1) is 12.8 Å². The van der Waals surface area contributed by atoms with Gasteiger partial charge in [-0.05, 0) is 74.7 Å². The van der Waals surface area contributed by atoms with Gasteiger partial charge in [-0.1, -0.05) is 11.6 Å². The van der Waals surface area contributed by atoms with Gasteiger partial charge >= 0.3 is 0 Å². The van der Waals surface area contributed by atoms with Crippen molar-refractivity contribution in [3.05, 3.63) is 56.9 Å². The quantitative estimate of drug-likeness (QED) is 0.543. The number of benzene rings is 2. The van der Waals surface area contributed by atoms with Crippen LogP contribution < -0.4 is 14.8 Å². The monoisotopic (exact) mass is 430 g/mol. The third-order valence-electron chi connectivity index (χ3n) is 4.49. The molecule has 0 aliphatic heterocycles. The highest BCUT2D eigenvalue weighted by Crippen LogP contribution is 2.33. The van der Waals surface area contributed by atoms with Crippen molar-refractivity contribution in [3.63, 3.8) is 0 Å². The maximum Gasteiger partial charge on any atom is 0.264 e. The van der Waals surface area contributed by atoms with Crippen LogP contribution in [0.4, 0.5) is 5.13 Å². The highest BCUT2D eigenvalue weighted by Gasteiger charge is 2.14. The van der Waals surface area contributed by atoms with E-state index in [1.165, 1.54) is 11.3 Å². The number of rotatable bonds is 6. The molecule has 3 rings (SSSR count). The number of nitrogens with one attached hydrogen (secondary N) is 1. The van der Waals surface area contributed by atoms with Crippen LogP contribution in [0.1, 0.15) is 21.6 Å². The Morgan fingerprint density at radius 3 is 2.41 bits per heavy atom. The van der Waals surface area contributed by atoms with Crippen LogP contribution in [-0.4, -0.2) is 24.6 Å². The third kappa shape index (κ3) is 4.89. The molecule has 1 aromatic heterocycles. The Kier molecular flexibility index (Phi) is 6.45. The number of aromatic nitrogens is 1. The Balaban J connectivity index is 1.67. The molecule has 5 nitrogen and oxygen atoms in total. The summed E-state index contributed by atoms with van der Waals surface area (Å²) in [5.41, 5.74) is 4.70. The molecule has 0 aliphatic rings. The van der Waals surface area contributed by atoms with Crippen molar-refractivity contribution in [2.45, 2.75) is 27.7 Å². The van der Waals surface area contributed by atoms with E-state index >= 15 is 0 Å². The van der Waals surface area contributed by atoms with Crippen LogP contribution in [0, 0.1) is 27.7 Å². The SMILES string of the molecule is COc1ccc(-c2nc(NC(=O)COc3cc(C)c(Cl)c(C)c3)sc2C)cc1C. The lowest BCUT2D eigenvalue weighted by molar-refractivity contribution is -0.118. The minimum atomic E-state index is -0.263. The number of aryl methyl sites for hydroxylation is 4. The number of anilines is 1. The molecule has 152 valence electrons. The van der Waals surface area contributed by atoms with Crippen molar-refractivity contribution in [1.82, 2.24) is 4.98 Å². The van der Waals surface area contributed by atoms with Crippen LogP contribution >= 0.6 is 22.9 Å². The fourth-order valence-electron chi connectivity index (χ4n) is 3.04. The lowest BCUT2D eigenvalue weighted by Crippen LogP contribution is -2.20. The van der Waals surface area contributed by atoms with E-state index in [1.807, 2.05) is 58.0 Å². The van der Waals surface area contributed by atoms with E-state index in [1.54, 1.807) is 7.11 Å². The minimum absolute atomic E-state index is 0.101. The van der Waals surface area contributed by atoms with E-state index in [-0.39, 0.29) is 12.5 Å². The second kappa shape index (κ2) is 8.84. The van der Waals surface area contributed by atoms with Gasteiger partial charge in [-0.2, -0.15) is 0 Å². The number of halogens is 1. The van der Waals surface area contributed by atoms with Gasteiger partial charge < -0.3 is 9.47 Å². The Bertz CT molecular complexity index is 1040. The highest BCUT2D eigenvalue weighted by molar-refractivity contribution is 7.16. The highest BCUT2D eigenvalue weighted by atomic mass is 35.5.